The average Bonchev–Trinajstić information content (AvgIpc) is 2.39. The number of hydrogen-bond donors (Lipinski definition) is 3. The molecule has 94 valence electrons. The average molecular weight is 245 g/mol. The Morgan fingerprint density at radius 3 is 2.61 bits per heavy atom. The van der Waals surface area contributed by atoms with Gasteiger partial charge in [-0.3, -0.25) is 10.1 Å². The van der Waals surface area contributed by atoms with Crippen LogP contribution in [0.2, 0.25) is 0 Å². The van der Waals surface area contributed by atoms with E-state index in [9.17, 15) is 4.79 Å². The van der Waals surface area contributed by atoms with E-state index in [1.165, 1.54) is 0 Å². The maximum absolute atomic E-state index is 10.8. The summed E-state index contributed by atoms with van der Waals surface area (Å²) in [4.78, 5) is 10.8. The number of carbonyl (C=O) groups is 1. The van der Waals surface area contributed by atoms with Gasteiger partial charge in [0, 0.05) is 6.54 Å². The SMILES string of the molecule is O=C(O)C(CO)NCc1cccc2ccccc12. The Hall–Kier alpha value is -1.91. The molecule has 2 aromatic carbocycles. The van der Waals surface area contributed by atoms with E-state index in [2.05, 4.69) is 5.32 Å². The molecule has 0 amide bonds. The van der Waals surface area contributed by atoms with Crippen molar-refractivity contribution in [3.05, 3.63) is 48.0 Å². The first-order chi connectivity index (χ1) is 8.72. The molecule has 1 atom stereocenters. The molecule has 0 aromatic heterocycles. The van der Waals surface area contributed by atoms with Crippen molar-refractivity contribution < 1.29 is 15.0 Å². The van der Waals surface area contributed by atoms with Crippen molar-refractivity contribution in [2.45, 2.75) is 12.6 Å². The topological polar surface area (TPSA) is 69.6 Å². The number of aliphatic hydroxyl groups is 1. The van der Waals surface area contributed by atoms with Crippen LogP contribution in [0.1, 0.15) is 5.56 Å². The smallest absolute Gasteiger partial charge is 0.323 e. The monoisotopic (exact) mass is 245 g/mol. The zero-order valence-corrected chi connectivity index (χ0v) is 9.84. The minimum Gasteiger partial charge on any atom is -0.480 e. The van der Waals surface area contributed by atoms with Gasteiger partial charge in [0.2, 0.25) is 0 Å². The summed E-state index contributed by atoms with van der Waals surface area (Å²) < 4.78 is 0. The normalized spacial score (nSPS) is 12.5. The van der Waals surface area contributed by atoms with Crippen LogP contribution in [0, 0.1) is 0 Å². The molecule has 0 saturated heterocycles. The first-order valence-corrected chi connectivity index (χ1v) is 5.76. The van der Waals surface area contributed by atoms with Gasteiger partial charge in [0.1, 0.15) is 6.04 Å². The summed E-state index contributed by atoms with van der Waals surface area (Å²) >= 11 is 0. The molecule has 0 aliphatic carbocycles. The molecule has 4 nitrogen and oxygen atoms in total. The van der Waals surface area contributed by atoms with E-state index in [4.69, 9.17) is 10.2 Å². The quantitative estimate of drug-likeness (QED) is 0.744. The van der Waals surface area contributed by atoms with Gasteiger partial charge in [0.05, 0.1) is 6.61 Å². The van der Waals surface area contributed by atoms with Crippen LogP contribution in [0.5, 0.6) is 0 Å². The van der Waals surface area contributed by atoms with Gasteiger partial charge >= 0.3 is 5.97 Å². The Bertz CT molecular complexity index is 548. The van der Waals surface area contributed by atoms with Crippen LogP contribution in [0.25, 0.3) is 10.8 Å². The molecule has 0 fully saturated rings. The molecule has 0 saturated carbocycles. The summed E-state index contributed by atoms with van der Waals surface area (Å²) in [5, 5.41) is 22.8. The Kier molecular flexibility index (Phi) is 3.92. The highest BCUT2D eigenvalue weighted by Crippen LogP contribution is 2.18. The minimum absolute atomic E-state index is 0.416. The van der Waals surface area contributed by atoms with E-state index in [0.29, 0.717) is 6.54 Å². The second kappa shape index (κ2) is 5.62. The number of carboxylic acid groups (broad SMARTS) is 1. The summed E-state index contributed by atoms with van der Waals surface area (Å²) in [5.74, 6) is -1.04. The fourth-order valence-electron chi connectivity index (χ4n) is 1.91. The van der Waals surface area contributed by atoms with Gasteiger partial charge in [-0.2, -0.15) is 0 Å². The summed E-state index contributed by atoms with van der Waals surface area (Å²) in [6.45, 7) is -0.00101. The molecular formula is C14H15NO3. The third-order valence-electron chi connectivity index (χ3n) is 2.90. The first kappa shape index (κ1) is 12.5. The highest BCUT2D eigenvalue weighted by molar-refractivity contribution is 5.85. The van der Waals surface area contributed by atoms with Gasteiger partial charge < -0.3 is 10.2 Å². The number of fused-ring (bicyclic) bond motifs is 1. The van der Waals surface area contributed by atoms with Gasteiger partial charge in [-0.05, 0) is 16.3 Å². The van der Waals surface area contributed by atoms with Gasteiger partial charge in [0.15, 0.2) is 0 Å². The number of aliphatic carboxylic acids is 1. The fourth-order valence-corrected chi connectivity index (χ4v) is 1.91. The van der Waals surface area contributed by atoms with Crippen LogP contribution in [0.4, 0.5) is 0 Å². The molecular weight excluding hydrogens is 230 g/mol. The molecule has 0 heterocycles. The van der Waals surface area contributed by atoms with E-state index in [1.54, 1.807) is 0 Å². The fraction of sp³-hybridized carbons (Fsp3) is 0.214. The number of rotatable bonds is 5. The molecule has 4 heteroatoms. The van der Waals surface area contributed by atoms with Crippen LogP contribution in [0.3, 0.4) is 0 Å². The summed E-state index contributed by atoms with van der Waals surface area (Å²) in [5.41, 5.74) is 1.02. The van der Waals surface area contributed by atoms with Crippen LogP contribution >= 0.6 is 0 Å². The maximum Gasteiger partial charge on any atom is 0.323 e. The predicted molar refractivity (Wildman–Crippen MR) is 69.3 cm³/mol. The Morgan fingerprint density at radius 2 is 1.89 bits per heavy atom. The maximum atomic E-state index is 10.8. The predicted octanol–water partition coefficient (Wildman–Crippen LogP) is 1.37. The number of carboxylic acids is 1. The molecule has 1 unspecified atom stereocenters. The second-order valence-electron chi connectivity index (χ2n) is 4.09. The van der Waals surface area contributed by atoms with Gasteiger partial charge in [-0.25, -0.2) is 0 Å². The van der Waals surface area contributed by atoms with E-state index in [1.807, 2.05) is 42.5 Å². The first-order valence-electron chi connectivity index (χ1n) is 5.76. The van der Waals surface area contributed by atoms with Gasteiger partial charge in [-0.15, -0.1) is 0 Å². The van der Waals surface area contributed by atoms with Crippen molar-refractivity contribution >= 4 is 16.7 Å². The van der Waals surface area contributed by atoms with Crippen LogP contribution in [0.15, 0.2) is 42.5 Å². The van der Waals surface area contributed by atoms with Crippen molar-refractivity contribution in [3.8, 4) is 0 Å². The number of hydrogen-bond acceptors (Lipinski definition) is 3. The molecule has 0 aliphatic rings. The highest BCUT2D eigenvalue weighted by Gasteiger charge is 2.15. The molecule has 2 aromatic rings. The number of benzene rings is 2. The van der Waals surface area contributed by atoms with Crippen molar-refractivity contribution in [2.24, 2.45) is 0 Å². The molecule has 0 radical (unpaired) electrons. The summed E-state index contributed by atoms with van der Waals surface area (Å²) in [6.07, 6.45) is 0. The van der Waals surface area contributed by atoms with Crippen molar-refractivity contribution in [3.63, 3.8) is 0 Å². The van der Waals surface area contributed by atoms with Crippen LogP contribution < -0.4 is 5.32 Å². The number of aliphatic hydroxyl groups excluding tert-OH is 1. The lowest BCUT2D eigenvalue weighted by atomic mass is 10.0. The molecule has 0 spiro atoms. The van der Waals surface area contributed by atoms with Crippen molar-refractivity contribution in [2.75, 3.05) is 6.61 Å². The van der Waals surface area contributed by atoms with Crippen LogP contribution in [-0.4, -0.2) is 28.8 Å². The van der Waals surface area contributed by atoms with E-state index in [-0.39, 0.29) is 0 Å². The lowest BCUT2D eigenvalue weighted by molar-refractivity contribution is -0.140. The Labute approximate surface area is 105 Å². The highest BCUT2D eigenvalue weighted by atomic mass is 16.4. The van der Waals surface area contributed by atoms with E-state index >= 15 is 0 Å². The van der Waals surface area contributed by atoms with Crippen LogP contribution in [-0.2, 0) is 11.3 Å². The molecule has 2 rings (SSSR count). The molecule has 0 aliphatic heterocycles. The number of nitrogens with one attached hydrogen (secondary N) is 1. The zero-order valence-electron chi connectivity index (χ0n) is 9.84. The Morgan fingerprint density at radius 1 is 1.17 bits per heavy atom. The molecule has 18 heavy (non-hydrogen) atoms. The van der Waals surface area contributed by atoms with E-state index in [0.717, 1.165) is 16.3 Å². The standard InChI is InChI=1S/C14H15NO3/c16-9-13(14(17)18)15-8-11-6-3-5-10-4-1-2-7-12(10)11/h1-7,13,15-16H,8-9H2,(H,17,18). The van der Waals surface area contributed by atoms with Gasteiger partial charge in [-0.1, -0.05) is 42.5 Å². The minimum atomic E-state index is -1.04. The van der Waals surface area contributed by atoms with E-state index < -0.39 is 18.6 Å². The summed E-state index contributed by atoms with van der Waals surface area (Å²) in [7, 11) is 0. The third kappa shape index (κ3) is 2.67. The third-order valence-corrected chi connectivity index (χ3v) is 2.90. The lowest BCUT2D eigenvalue weighted by Crippen LogP contribution is -2.39. The lowest BCUT2D eigenvalue weighted by Gasteiger charge is -2.13. The molecule has 3 N–H and O–H groups in total. The second-order valence-corrected chi connectivity index (χ2v) is 4.09. The zero-order chi connectivity index (χ0) is 13.0. The largest absolute Gasteiger partial charge is 0.480 e. The van der Waals surface area contributed by atoms with Crippen molar-refractivity contribution in [1.82, 2.24) is 5.32 Å². The van der Waals surface area contributed by atoms with Gasteiger partial charge in [0.25, 0.3) is 0 Å². The summed E-state index contributed by atoms with van der Waals surface area (Å²) in [6, 6.07) is 12.9. The Balaban J connectivity index is 2.19. The van der Waals surface area contributed by atoms with Crippen molar-refractivity contribution in [1.29, 1.82) is 0 Å². The molecule has 0 bridgehead atoms.